The van der Waals surface area contributed by atoms with Gasteiger partial charge in [-0.1, -0.05) is 34.1 Å². The number of carbonyl (C=O) groups excluding carboxylic acids is 1. The number of halogens is 1. The van der Waals surface area contributed by atoms with Crippen molar-refractivity contribution in [2.75, 3.05) is 13.1 Å². The monoisotopic (exact) mass is 380 g/mol. The predicted octanol–water partition coefficient (Wildman–Crippen LogP) is 3.53. The normalized spacial score (nSPS) is 27.4. The Hall–Kier alpha value is -1.11. The summed E-state index contributed by atoms with van der Waals surface area (Å²) in [5.74, 6) is -0.164. The molecular formula is C16H17BrN2O2S. The van der Waals surface area contributed by atoms with Crippen LogP contribution in [0.4, 0.5) is 0 Å². The summed E-state index contributed by atoms with van der Waals surface area (Å²) in [4.78, 5) is 19.2. The Morgan fingerprint density at radius 1 is 1.32 bits per heavy atom. The molecule has 1 fully saturated rings. The lowest BCUT2D eigenvalue weighted by Gasteiger charge is -2.35. The van der Waals surface area contributed by atoms with Gasteiger partial charge in [-0.05, 0) is 43.3 Å². The molecule has 116 valence electrons. The Balaban J connectivity index is 1.78. The van der Waals surface area contributed by atoms with Crippen molar-refractivity contribution in [1.82, 2.24) is 4.90 Å². The number of benzene rings is 1. The van der Waals surface area contributed by atoms with Crippen LogP contribution >= 0.6 is 27.7 Å². The number of hydrogen-bond acceptors (Lipinski definition) is 4. The summed E-state index contributed by atoms with van der Waals surface area (Å²) in [5, 5.41) is 0.783. The molecule has 1 aromatic rings. The van der Waals surface area contributed by atoms with E-state index < -0.39 is 0 Å². The van der Waals surface area contributed by atoms with Crippen molar-refractivity contribution >= 4 is 44.8 Å². The highest BCUT2D eigenvalue weighted by molar-refractivity contribution is 9.10. The molecule has 2 atom stereocenters. The average Bonchev–Trinajstić information content (AvgIpc) is 2.82. The lowest BCUT2D eigenvalue weighted by atomic mass is 10.2. The summed E-state index contributed by atoms with van der Waals surface area (Å²) in [6, 6.07) is 7.84. The summed E-state index contributed by atoms with van der Waals surface area (Å²) in [5.41, 5.74) is 0.985. The second-order valence-corrected chi connectivity index (χ2v) is 7.36. The minimum atomic E-state index is -0.164. The van der Waals surface area contributed by atoms with E-state index in [1.807, 2.05) is 44.2 Å². The minimum Gasteiger partial charge on any atom is -0.372 e. The molecule has 0 aromatic heterocycles. The zero-order valence-electron chi connectivity index (χ0n) is 12.5. The Morgan fingerprint density at radius 3 is 2.68 bits per heavy atom. The highest BCUT2D eigenvalue weighted by Crippen LogP contribution is 2.32. The van der Waals surface area contributed by atoms with Gasteiger partial charge in [0.15, 0.2) is 5.17 Å². The Labute approximate surface area is 142 Å². The highest BCUT2D eigenvalue weighted by Gasteiger charge is 2.31. The molecule has 1 saturated heterocycles. The molecule has 0 bridgehead atoms. The third-order valence-electron chi connectivity index (χ3n) is 3.49. The second kappa shape index (κ2) is 6.56. The van der Waals surface area contributed by atoms with E-state index in [1.165, 1.54) is 11.8 Å². The molecule has 0 unspecified atom stereocenters. The van der Waals surface area contributed by atoms with Gasteiger partial charge >= 0.3 is 0 Å². The van der Waals surface area contributed by atoms with Crippen molar-refractivity contribution in [2.45, 2.75) is 26.1 Å². The van der Waals surface area contributed by atoms with Crippen LogP contribution < -0.4 is 0 Å². The van der Waals surface area contributed by atoms with Gasteiger partial charge in [-0.15, -0.1) is 0 Å². The largest absolute Gasteiger partial charge is 0.372 e. The summed E-state index contributed by atoms with van der Waals surface area (Å²) < 4.78 is 6.70. The number of hydrogen-bond donors (Lipinski definition) is 0. The lowest BCUT2D eigenvalue weighted by Crippen LogP contribution is -2.47. The van der Waals surface area contributed by atoms with Gasteiger partial charge in [0.25, 0.3) is 5.91 Å². The van der Waals surface area contributed by atoms with Gasteiger partial charge in [0, 0.05) is 17.6 Å². The molecule has 4 nitrogen and oxygen atoms in total. The van der Waals surface area contributed by atoms with Gasteiger partial charge in [0.05, 0.1) is 17.1 Å². The topological polar surface area (TPSA) is 41.9 Å². The lowest BCUT2D eigenvalue weighted by molar-refractivity contribution is -0.113. The molecule has 0 radical (unpaired) electrons. The van der Waals surface area contributed by atoms with Gasteiger partial charge in [0.2, 0.25) is 0 Å². The van der Waals surface area contributed by atoms with Gasteiger partial charge in [-0.2, -0.15) is 4.99 Å². The third-order valence-corrected chi connectivity index (χ3v) is 5.26. The Bertz CT molecular complexity index is 649. The zero-order chi connectivity index (χ0) is 15.7. The van der Waals surface area contributed by atoms with Crippen molar-refractivity contribution in [1.29, 1.82) is 0 Å². The number of ether oxygens (including phenoxy) is 1. The van der Waals surface area contributed by atoms with Crippen molar-refractivity contribution in [3.8, 4) is 0 Å². The molecule has 0 spiro atoms. The number of rotatable bonds is 1. The van der Waals surface area contributed by atoms with Crippen molar-refractivity contribution < 1.29 is 9.53 Å². The number of carbonyl (C=O) groups is 1. The molecule has 1 amide bonds. The first-order valence-electron chi connectivity index (χ1n) is 7.20. The predicted molar refractivity (Wildman–Crippen MR) is 93.7 cm³/mol. The van der Waals surface area contributed by atoms with Crippen LogP contribution in [0.25, 0.3) is 6.08 Å². The second-order valence-electron chi connectivity index (χ2n) is 5.49. The third kappa shape index (κ3) is 3.45. The number of aliphatic imine (C=N–C) groups is 1. The van der Waals surface area contributed by atoms with Crippen molar-refractivity contribution in [3.63, 3.8) is 0 Å². The van der Waals surface area contributed by atoms with Gasteiger partial charge in [-0.25, -0.2) is 0 Å². The first-order chi connectivity index (χ1) is 10.5. The first kappa shape index (κ1) is 15.8. The summed E-state index contributed by atoms with van der Waals surface area (Å²) in [6.45, 7) is 5.63. The van der Waals surface area contributed by atoms with Crippen LogP contribution in [0.3, 0.4) is 0 Å². The summed E-state index contributed by atoms with van der Waals surface area (Å²) in [7, 11) is 0. The maximum Gasteiger partial charge on any atom is 0.286 e. The first-order valence-corrected chi connectivity index (χ1v) is 8.81. The van der Waals surface area contributed by atoms with E-state index in [1.54, 1.807) is 0 Å². The quantitative estimate of drug-likeness (QED) is 0.698. The van der Waals surface area contributed by atoms with E-state index >= 15 is 0 Å². The summed E-state index contributed by atoms with van der Waals surface area (Å²) in [6.07, 6.45) is 2.19. The summed E-state index contributed by atoms with van der Waals surface area (Å²) >= 11 is 4.95. The molecule has 0 saturated carbocycles. The number of nitrogens with zero attached hydrogens (tertiary/aromatic N) is 2. The van der Waals surface area contributed by atoms with Gasteiger partial charge in [-0.3, -0.25) is 4.79 Å². The molecule has 2 heterocycles. The van der Waals surface area contributed by atoms with Gasteiger partial charge < -0.3 is 9.64 Å². The van der Waals surface area contributed by atoms with Crippen molar-refractivity contribution in [3.05, 3.63) is 39.2 Å². The maximum atomic E-state index is 12.2. The van der Waals surface area contributed by atoms with E-state index in [2.05, 4.69) is 25.8 Å². The molecule has 1 aromatic carbocycles. The van der Waals surface area contributed by atoms with E-state index in [0.717, 1.165) is 28.3 Å². The zero-order valence-corrected chi connectivity index (χ0v) is 14.9. The van der Waals surface area contributed by atoms with E-state index in [4.69, 9.17) is 4.74 Å². The van der Waals surface area contributed by atoms with Crippen LogP contribution in [0, 0.1) is 0 Å². The SMILES string of the molecule is C[C@@H]1CN(C2=NC(=O)/C(=C/c3ccccc3Br)S2)C[C@@H](C)O1. The van der Waals surface area contributed by atoms with Crippen LogP contribution in [0.15, 0.2) is 38.6 Å². The Morgan fingerprint density at radius 2 is 2.00 bits per heavy atom. The molecule has 3 rings (SSSR count). The maximum absolute atomic E-state index is 12.2. The fourth-order valence-electron chi connectivity index (χ4n) is 2.60. The fourth-order valence-corrected chi connectivity index (χ4v) is 3.92. The highest BCUT2D eigenvalue weighted by atomic mass is 79.9. The van der Waals surface area contributed by atoms with Crippen molar-refractivity contribution in [2.24, 2.45) is 4.99 Å². The van der Waals surface area contributed by atoms with Crippen LogP contribution in [-0.2, 0) is 9.53 Å². The van der Waals surface area contributed by atoms with Crippen LogP contribution in [0.5, 0.6) is 0 Å². The molecule has 22 heavy (non-hydrogen) atoms. The van der Waals surface area contributed by atoms with E-state index in [-0.39, 0.29) is 18.1 Å². The molecular weight excluding hydrogens is 364 g/mol. The smallest absolute Gasteiger partial charge is 0.286 e. The van der Waals surface area contributed by atoms with Crippen LogP contribution in [-0.4, -0.2) is 41.3 Å². The fraction of sp³-hybridized carbons (Fsp3) is 0.375. The average molecular weight is 381 g/mol. The molecule has 0 N–H and O–H groups in total. The van der Waals surface area contributed by atoms with Crippen LogP contribution in [0.1, 0.15) is 19.4 Å². The van der Waals surface area contributed by atoms with Crippen LogP contribution in [0.2, 0.25) is 0 Å². The van der Waals surface area contributed by atoms with E-state index in [9.17, 15) is 4.79 Å². The molecule has 0 aliphatic carbocycles. The number of amides is 1. The standard InChI is InChI=1S/C16H17BrN2O2S/c1-10-8-19(9-11(2)21-10)16-18-15(20)14(22-16)7-12-5-3-4-6-13(12)17/h3-7,10-11H,8-9H2,1-2H3/b14-7-/t10-,11-/m1/s1. The Kier molecular flexibility index (Phi) is 4.70. The minimum absolute atomic E-state index is 0.151. The van der Waals surface area contributed by atoms with Gasteiger partial charge in [0.1, 0.15) is 0 Å². The molecule has 6 heteroatoms. The number of thioether (sulfide) groups is 1. The number of amidine groups is 1. The molecule has 2 aliphatic heterocycles. The molecule has 2 aliphatic rings. The number of morpholine rings is 1. The van der Waals surface area contributed by atoms with E-state index in [0.29, 0.717) is 4.91 Å².